The lowest BCUT2D eigenvalue weighted by molar-refractivity contribution is 0.0947. The molecule has 72 valence electrons. The Balaban J connectivity index is 2.40. The molecule has 0 saturated heterocycles. The van der Waals surface area contributed by atoms with Crippen LogP contribution in [0, 0.1) is 0 Å². The fourth-order valence-corrected chi connectivity index (χ4v) is 0.918. The lowest BCUT2D eigenvalue weighted by atomic mass is 10.3. The Morgan fingerprint density at radius 1 is 1.69 bits per heavy atom. The second-order valence-electron chi connectivity index (χ2n) is 2.68. The summed E-state index contributed by atoms with van der Waals surface area (Å²) in [6.45, 7) is 0.543. The summed E-state index contributed by atoms with van der Waals surface area (Å²) < 4.78 is 0. The minimum absolute atomic E-state index is 0.0765. The summed E-state index contributed by atoms with van der Waals surface area (Å²) in [5, 5.41) is 11.1. The molecule has 0 unspecified atom stereocenters. The van der Waals surface area contributed by atoms with Gasteiger partial charge in [-0.1, -0.05) is 0 Å². The third-order valence-electron chi connectivity index (χ3n) is 1.57. The second kappa shape index (κ2) is 4.51. The highest BCUT2D eigenvalue weighted by Crippen LogP contribution is 2.03. The van der Waals surface area contributed by atoms with Crippen LogP contribution >= 0.6 is 0 Å². The van der Waals surface area contributed by atoms with E-state index < -0.39 is 0 Å². The van der Waals surface area contributed by atoms with Crippen LogP contribution in [0.4, 0.5) is 5.69 Å². The number of nitrogen functional groups attached to an aromatic ring is 1. The van der Waals surface area contributed by atoms with E-state index in [0.29, 0.717) is 24.3 Å². The van der Waals surface area contributed by atoms with Crippen LogP contribution in [0.25, 0.3) is 0 Å². The topological polar surface area (TPSA) is 91.1 Å². The fourth-order valence-electron chi connectivity index (χ4n) is 0.918. The van der Waals surface area contributed by atoms with Gasteiger partial charge in [0.2, 0.25) is 0 Å². The minimum Gasteiger partial charge on any atom is -0.397 e. The third-order valence-corrected chi connectivity index (χ3v) is 1.57. The number of nitrogens with two attached hydrogens (primary N) is 1. The van der Waals surface area contributed by atoms with E-state index >= 15 is 0 Å². The van der Waals surface area contributed by atoms with Crippen LogP contribution in [-0.4, -0.2) is 29.1 Å². The molecule has 1 aromatic rings. The van der Waals surface area contributed by atoms with E-state index in [-0.39, 0.29) is 12.5 Å². The second-order valence-corrected chi connectivity index (χ2v) is 2.68. The average Bonchev–Trinajstić information content (AvgIpc) is 2.52. The first-order chi connectivity index (χ1) is 6.24. The van der Waals surface area contributed by atoms with Gasteiger partial charge in [0.05, 0.1) is 0 Å². The number of rotatable bonds is 4. The van der Waals surface area contributed by atoms with Gasteiger partial charge in [0.15, 0.2) is 0 Å². The molecular weight excluding hydrogens is 170 g/mol. The Bertz CT molecular complexity index is 283. The molecule has 0 aliphatic carbocycles. The number of anilines is 1. The molecule has 5 N–H and O–H groups in total. The van der Waals surface area contributed by atoms with Crippen molar-refractivity contribution in [2.24, 2.45) is 0 Å². The van der Waals surface area contributed by atoms with Crippen molar-refractivity contribution in [1.29, 1.82) is 0 Å². The summed E-state index contributed by atoms with van der Waals surface area (Å²) in [6, 6.07) is 1.56. The Morgan fingerprint density at radius 2 is 2.46 bits per heavy atom. The van der Waals surface area contributed by atoms with Crippen LogP contribution in [0.5, 0.6) is 0 Å². The van der Waals surface area contributed by atoms with Crippen LogP contribution in [0.2, 0.25) is 0 Å². The van der Waals surface area contributed by atoms with Gasteiger partial charge in [-0.05, 0) is 12.5 Å². The molecular formula is C8H13N3O2. The normalized spacial score (nSPS) is 9.92. The van der Waals surface area contributed by atoms with Gasteiger partial charge in [-0.25, -0.2) is 0 Å². The van der Waals surface area contributed by atoms with Gasteiger partial charge >= 0.3 is 0 Å². The molecule has 0 spiro atoms. The van der Waals surface area contributed by atoms with Gasteiger partial charge in [-0.3, -0.25) is 4.79 Å². The van der Waals surface area contributed by atoms with E-state index in [2.05, 4.69) is 10.3 Å². The summed E-state index contributed by atoms with van der Waals surface area (Å²) in [6.07, 6.45) is 2.11. The highest BCUT2D eigenvalue weighted by Gasteiger charge is 2.05. The molecule has 1 heterocycles. The molecule has 0 atom stereocenters. The SMILES string of the molecule is Nc1c[nH]c(C(=O)NCCCO)c1. The number of hydrogen-bond acceptors (Lipinski definition) is 3. The van der Waals surface area contributed by atoms with Crippen molar-refractivity contribution < 1.29 is 9.90 Å². The van der Waals surface area contributed by atoms with Crippen molar-refractivity contribution in [2.75, 3.05) is 18.9 Å². The van der Waals surface area contributed by atoms with Gasteiger partial charge in [0, 0.05) is 25.0 Å². The molecule has 5 heteroatoms. The molecule has 0 aromatic carbocycles. The number of amides is 1. The van der Waals surface area contributed by atoms with Crippen molar-refractivity contribution in [3.63, 3.8) is 0 Å². The lowest BCUT2D eigenvalue weighted by Crippen LogP contribution is -2.25. The fraction of sp³-hybridized carbons (Fsp3) is 0.375. The minimum atomic E-state index is -0.204. The van der Waals surface area contributed by atoms with Crippen molar-refractivity contribution in [3.8, 4) is 0 Å². The van der Waals surface area contributed by atoms with Gasteiger partial charge in [0.1, 0.15) is 5.69 Å². The molecule has 0 aliphatic heterocycles. The van der Waals surface area contributed by atoms with Crippen molar-refractivity contribution in [2.45, 2.75) is 6.42 Å². The summed E-state index contributed by atoms with van der Waals surface area (Å²) in [5.41, 5.74) is 6.39. The molecule has 5 nitrogen and oxygen atoms in total. The Morgan fingerprint density at radius 3 is 3.00 bits per heavy atom. The van der Waals surface area contributed by atoms with Crippen LogP contribution in [-0.2, 0) is 0 Å². The zero-order valence-corrected chi connectivity index (χ0v) is 7.21. The van der Waals surface area contributed by atoms with E-state index in [1.54, 1.807) is 12.3 Å². The molecule has 1 amide bonds. The van der Waals surface area contributed by atoms with E-state index in [9.17, 15) is 4.79 Å². The number of aromatic nitrogens is 1. The molecule has 1 rings (SSSR count). The molecule has 0 radical (unpaired) electrons. The first-order valence-corrected chi connectivity index (χ1v) is 4.07. The quantitative estimate of drug-likeness (QED) is 0.483. The van der Waals surface area contributed by atoms with Gasteiger partial charge in [0.25, 0.3) is 5.91 Å². The zero-order chi connectivity index (χ0) is 9.68. The largest absolute Gasteiger partial charge is 0.397 e. The van der Waals surface area contributed by atoms with Crippen LogP contribution in [0.15, 0.2) is 12.3 Å². The smallest absolute Gasteiger partial charge is 0.267 e. The highest BCUT2D eigenvalue weighted by molar-refractivity contribution is 5.93. The number of hydrogen-bond donors (Lipinski definition) is 4. The maximum atomic E-state index is 11.3. The van der Waals surface area contributed by atoms with Crippen molar-refractivity contribution >= 4 is 11.6 Å². The number of aliphatic hydroxyl groups is 1. The first-order valence-electron chi connectivity index (χ1n) is 4.07. The number of carbonyl (C=O) groups excluding carboxylic acids is 1. The highest BCUT2D eigenvalue weighted by atomic mass is 16.3. The summed E-state index contributed by atoms with van der Waals surface area (Å²) in [4.78, 5) is 14.0. The van der Waals surface area contributed by atoms with E-state index in [0.717, 1.165) is 0 Å². The molecule has 13 heavy (non-hydrogen) atoms. The van der Waals surface area contributed by atoms with Crippen molar-refractivity contribution in [3.05, 3.63) is 18.0 Å². The predicted octanol–water partition coefficient (Wildman–Crippen LogP) is -0.291. The molecule has 0 aliphatic rings. The Hall–Kier alpha value is -1.49. The molecule has 0 fully saturated rings. The Kier molecular flexibility index (Phi) is 3.33. The van der Waals surface area contributed by atoms with E-state index in [1.165, 1.54) is 0 Å². The standard InChI is InChI=1S/C8H13N3O2/c9-6-4-7(11-5-6)8(13)10-2-1-3-12/h4-5,11-12H,1-3,9H2,(H,10,13). The first kappa shape index (κ1) is 9.60. The van der Waals surface area contributed by atoms with Gasteiger partial charge in [-0.15, -0.1) is 0 Å². The van der Waals surface area contributed by atoms with E-state index in [4.69, 9.17) is 10.8 Å². The molecule has 0 bridgehead atoms. The monoisotopic (exact) mass is 183 g/mol. The van der Waals surface area contributed by atoms with Gasteiger partial charge < -0.3 is 21.1 Å². The summed E-state index contributed by atoms with van der Waals surface area (Å²) in [5.74, 6) is -0.204. The maximum Gasteiger partial charge on any atom is 0.267 e. The summed E-state index contributed by atoms with van der Waals surface area (Å²) >= 11 is 0. The van der Waals surface area contributed by atoms with Crippen LogP contribution in [0.1, 0.15) is 16.9 Å². The maximum absolute atomic E-state index is 11.3. The molecule has 1 aromatic heterocycles. The van der Waals surface area contributed by atoms with Crippen LogP contribution < -0.4 is 11.1 Å². The Labute approximate surface area is 75.9 Å². The number of H-pyrrole nitrogens is 1. The third kappa shape index (κ3) is 2.79. The summed E-state index contributed by atoms with van der Waals surface area (Å²) in [7, 11) is 0. The van der Waals surface area contributed by atoms with Crippen molar-refractivity contribution in [1.82, 2.24) is 10.3 Å². The lowest BCUT2D eigenvalue weighted by Gasteiger charge is -2.00. The average molecular weight is 183 g/mol. The predicted molar refractivity (Wildman–Crippen MR) is 49.2 cm³/mol. The molecule has 0 saturated carbocycles. The van der Waals surface area contributed by atoms with Gasteiger partial charge in [-0.2, -0.15) is 0 Å². The number of nitrogens with one attached hydrogen (secondary N) is 2. The number of aliphatic hydroxyl groups excluding tert-OH is 1. The zero-order valence-electron chi connectivity index (χ0n) is 7.21. The number of aromatic amines is 1. The van der Waals surface area contributed by atoms with E-state index in [1.807, 2.05) is 0 Å². The number of carbonyl (C=O) groups is 1. The van der Waals surface area contributed by atoms with Crippen LogP contribution in [0.3, 0.4) is 0 Å².